The molecule has 0 aromatic heterocycles. The fraction of sp³-hybridized carbons (Fsp3) is 0.424. The predicted molar refractivity (Wildman–Crippen MR) is 147 cm³/mol. The first-order valence-electron chi connectivity index (χ1n) is 13.8. The molecule has 1 saturated carbocycles. The molecule has 4 nitrogen and oxygen atoms in total. The lowest BCUT2D eigenvalue weighted by Gasteiger charge is -2.30. The average Bonchev–Trinajstić information content (AvgIpc) is 3.53. The van der Waals surface area contributed by atoms with Gasteiger partial charge in [-0.3, -0.25) is 4.79 Å². The van der Waals surface area contributed by atoms with Crippen LogP contribution in [0.2, 0.25) is 0 Å². The van der Waals surface area contributed by atoms with Crippen molar-refractivity contribution in [2.45, 2.75) is 71.3 Å². The Morgan fingerprint density at radius 2 is 1.82 bits per heavy atom. The van der Waals surface area contributed by atoms with Gasteiger partial charge in [0, 0.05) is 23.1 Å². The highest BCUT2D eigenvalue weighted by Gasteiger charge is 2.38. The summed E-state index contributed by atoms with van der Waals surface area (Å²) in [5, 5.41) is 9.48. The molecule has 0 radical (unpaired) electrons. The van der Waals surface area contributed by atoms with Crippen LogP contribution in [0.1, 0.15) is 80.5 Å². The number of benzene rings is 3. The predicted octanol–water partition coefficient (Wildman–Crippen LogP) is 8.40. The van der Waals surface area contributed by atoms with Crippen molar-refractivity contribution in [3.05, 3.63) is 82.2 Å². The van der Waals surface area contributed by atoms with E-state index in [0.717, 1.165) is 42.0 Å². The highest BCUT2D eigenvalue weighted by molar-refractivity contribution is 5.72. The van der Waals surface area contributed by atoms with Gasteiger partial charge in [0.2, 0.25) is 0 Å². The van der Waals surface area contributed by atoms with Crippen molar-refractivity contribution >= 4 is 5.97 Å². The van der Waals surface area contributed by atoms with Crippen LogP contribution in [0.3, 0.4) is 0 Å². The molecule has 3 atom stereocenters. The van der Waals surface area contributed by atoms with E-state index in [4.69, 9.17) is 9.47 Å². The van der Waals surface area contributed by atoms with E-state index in [0.29, 0.717) is 24.2 Å². The minimum Gasteiger partial charge on any atom is -0.497 e. The maximum Gasteiger partial charge on any atom is 0.306 e. The van der Waals surface area contributed by atoms with Crippen LogP contribution in [0.4, 0.5) is 13.2 Å². The van der Waals surface area contributed by atoms with Crippen molar-refractivity contribution in [1.29, 1.82) is 0 Å². The highest BCUT2D eigenvalue weighted by atomic mass is 19.1. The van der Waals surface area contributed by atoms with Gasteiger partial charge in [-0.2, -0.15) is 0 Å². The number of hydrogen-bond acceptors (Lipinski definition) is 3. The van der Waals surface area contributed by atoms with E-state index >= 15 is 8.78 Å². The Balaban J connectivity index is 1.50. The molecular formula is C33H35F3O4. The van der Waals surface area contributed by atoms with Crippen molar-refractivity contribution in [2.24, 2.45) is 11.3 Å². The van der Waals surface area contributed by atoms with Crippen LogP contribution in [-0.4, -0.2) is 18.2 Å². The second-order valence-electron chi connectivity index (χ2n) is 11.8. The van der Waals surface area contributed by atoms with Gasteiger partial charge < -0.3 is 14.6 Å². The highest BCUT2D eigenvalue weighted by Crippen LogP contribution is 2.51. The molecule has 212 valence electrons. The minimum atomic E-state index is -1.04. The number of rotatable bonds is 8. The van der Waals surface area contributed by atoms with Crippen LogP contribution in [0.15, 0.2) is 42.5 Å². The fourth-order valence-corrected chi connectivity index (χ4v) is 6.66. The molecule has 0 spiro atoms. The summed E-state index contributed by atoms with van der Waals surface area (Å²) in [6.45, 7) is 5.94. The Hall–Kier alpha value is -3.48. The smallest absolute Gasteiger partial charge is 0.306 e. The molecule has 0 bridgehead atoms. The normalized spacial score (nSPS) is 20.3. The van der Waals surface area contributed by atoms with E-state index < -0.39 is 29.4 Å². The van der Waals surface area contributed by atoms with Gasteiger partial charge in [0.15, 0.2) is 11.6 Å². The van der Waals surface area contributed by atoms with E-state index in [1.165, 1.54) is 13.0 Å². The van der Waals surface area contributed by atoms with Crippen LogP contribution < -0.4 is 9.47 Å². The Morgan fingerprint density at radius 1 is 1.05 bits per heavy atom. The number of fused-ring (bicyclic) bond motifs is 1. The third kappa shape index (κ3) is 5.06. The van der Waals surface area contributed by atoms with E-state index in [2.05, 4.69) is 13.8 Å². The van der Waals surface area contributed by atoms with Gasteiger partial charge in [0.05, 0.1) is 13.0 Å². The van der Waals surface area contributed by atoms with Gasteiger partial charge in [-0.25, -0.2) is 13.2 Å². The summed E-state index contributed by atoms with van der Waals surface area (Å²) in [7, 11) is 1.55. The van der Waals surface area contributed by atoms with Crippen molar-refractivity contribution < 1.29 is 32.5 Å². The monoisotopic (exact) mass is 552 g/mol. The first kappa shape index (κ1) is 28.1. The minimum absolute atomic E-state index is 0.00857. The maximum absolute atomic E-state index is 15.6. The number of halogens is 3. The van der Waals surface area contributed by atoms with E-state index in [1.807, 2.05) is 18.2 Å². The molecular weight excluding hydrogens is 517 g/mol. The summed E-state index contributed by atoms with van der Waals surface area (Å²) in [6, 6.07) is 11.4. The number of ether oxygens (including phenoxy) is 2. The first-order chi connectivity index (χ1) is 19.0. The van der Waals surface area contributed by atoms with Gasteiger partial charge in [-0.1, -0.05) is 45.4 Å². The molecule has 2 aliphatic carbocycles. The number of methoxy groups -OCH3 is 1. The molecule has 0 saturated heterocycles. The van der Waals surface area contributed by atoms with Crippen LogP contribution in [0.25, 0.3) is 11.1 Å². The zero-order valence-corrected chi connectivity index (χ0v) is 23.3. The lowest BCUT2D eigenvalue weighted by molar-refractivity contribution is -0.141. The fourth-order valence-electron chi connectivity index (χ4n) is 6.66. The Labute approximate surface area is 233 Å². The van der Waals surface area contributed by atoms with Gasteiger partial charge in [-0.05, 0) is 77.5 Å². The zero-order chi connectivity index (χ0) is 28.8. The van der Waals surface area contributed by atoms with Gasteiger partial charge >= 0.3 is 5.97 Å². The summed E-state index contributed by atoms with van der Waals surface area (Å²) < 4.78 is 56.8. The topological polar surface area (TPSA) is 55.8 Å². The number of carbonyl (C=O) groups is 1. The maximum atomic E-state index is 15.6. The molecule has 40 heavy (non-hydrogen) atoms. The number of aliphatic carboxylic acids is 1. The Morgan fingerprint density at radius 3 is 2.50 bits per heavy atom. The summed E-state index contributed by atoms with van der Waals surface area (Å²) in [5.74, 6) is -3.60. The van der Waals surface area contributed by atoms with E-state index in [1.54, 1.807) is 19.2 Å². The molecule has 7 heteroatoms. The third-order valence-electron chi connectivity index (χ3n) is 9.00. The zero-order valence-electron chi connectivity index (χ0n) is 23.3. The van der Waals surface area contributed by atoms with Gasteiger partial charge in [0.25, 0.3) is 0 Å². The van der Waals surface area contributed by atoms with Crippen LogP contribution in [0, 0.1) is 28.8 Å². The molecule has 1 fully saturated rings. The quantitative estimate of drug-likeness (QED) is 0.305. The SMILES string of the molecule is COc1ccc(F)c(-c2ccc(COc3cc(F)c4c(c3F)C(C(C)C(=O)O)CC4)cc2C2CCCC2(C)C)c1. The second kappa shape index (κ2) is 10.8. The van der Waals surface area contributed by atoms with Crippen LogP contribution in [-0.2, 0) is 17.8 Å². The number of carboxylic acids is 1. The number of carboxylic acid groups (broad SMARTS) is 1. The van der Waals surface area contributed by atoms with E-state index in [9.17, 15) is 14.3 Å². The molecule has 3 aromatic carbocycles. The van der Waals surface area contributed by atoms with Crippen molar-refractivity contribution in [3.63, 3.8) is 0 Å². The standard InChI is InChI=1S/C33H35F3O4/c1-18(32(37)38)21-10-11-23-28(35)16-29(31(36)30(21)23)40-17-19-7-9-22(25-15-20(39-4)8-12-27(25)34)24(14-19)26-6-5-13-33(26,2)3/h7-9,12,14-16,18,21,26H,5-6,10-11,13,17H2,1-4H3,(H,37,38). The molecule has 0 heterocycles. The first-order valence-corrected chi connectivity index (χ1v) is 13.8. The summed E-state index contributed by atoms with van der Waals surface area (Å²) in [4.78, 5) is 11.6. The molecule has 3 unspecified atom stereocenters. The van der Waals surface area contributed by atoms with Crippen molar-refractivity contribution in [1.82, 2.24) is 0 Å². The average molecular weight is 553 g/mol. The Bertz CT molecular complexity index is 1450. The summed E-state index contributed by atoms with van der Waals surface area (Å²) in [5.41, 5.74) is 3.33. The van der Waals surface area contributed by atoms with Gasteiger partial charge in [-0.15, -0.1) is 0 Å². The number of hydrogen-bond donors (Lipinski definition) is 1. The summed E-state index contributed by atoms with van der Waals surface area (Å²) >= 11 is 0. The van der Waals surface area contributed by atoms with Crippen molar-refractivity contribution in [3.8, 4) is 22.6 Å². The largest absolute Gasteiger partial charge is 0.497 e. The van der Waals surface area contributed by atoms with Gasteiger partial charge in [0.1, 0.15) is 24.0 Å². The molecule has 0 amide bonds. The lowest BCUT2D eigenvalue weighted by Crippen LogP contribution is -2.18. The molecule has 2 aliphatic rings. The molecule has 1 N–H and O–H groups in total. The molecule has 0 aliphatic heterocycles. The summed E-state index contributed by atoms with van der Waals surface area (Å²) in [6.07, 6.45) is 3.75. The molecule has 3 aromatic rings. The second-order valence-corrected chi connectivity index (χ2v) is 11.8. The van der Waals surface area contributed by atoms with E-state index in [-0.39, 0.29) is 40.6 Å². The lowest BCUT2D eigenvalue weighted by atomic mass is 9.75. The Kier molecular flexibility index (Phi) is 7.60. The van der Waals surface area contributed by atoms with Crippen LogP contribution >= 0.6 is 0 Å². The molecule has 5 rings (SSSR count). The van der Waals surface area contributed by atoms with Crippen molar-refractivity contribution in [2.75, 3.05) is 7.11 Å². The third-order valence-corrected chi connectivity index (χ3v) is 9.00. The van der Waals surface area contributed by atoms with Crippen LogP contribution in [0.5, 0.6) is 11.5 Å².